The molecule has 3 atom stereocenters. The van der Waals surface area contributed by atoms with Crippen LogP contribution >= 0.6 is 34.5 Å². The summed E-state index contributed by atoms with van der Waals surface area (Å²) in [7, 11) is 0. The van der Waals surface area contributed by atoms with Crippen molar-refractivity contribution in [3.05, 3.63) is 85.8 Å². The molecule has 2 aromatic carbocycles. The summed E-state index contributed by atoms with van der Waals surface area (Å²) in [6.07, 6.45) is 0. The molecule has 3 aromatic rings. The Morgan fingerprint density at radius 2 is 1.76 bits per heavy atom. The molecule has 194 valence electrons. The largest absolute Gasteiger partial charge is 0.466 e. The average Bonchev–Trinajstić information content (AvgIpc) is 3.37. The summed E-state index contributed by atoms with van der Waals surface area (Å²) in [6.45, 7) is 7.70. The molecule has 1 aliphatic heterocycles. The van der Waals surface area contributed by atoms with Crippen LogP contribution < -0.4 is 5.32 Å². The molecule has 0 saturated heterocycles. The van der Waals surface area contributed by atoms with Crippen LogP contribution in [0.1, 0.15) is 44.2 Å². The molecular weight excluding hydrogens is 531 g/mol. The summed E-state index contributed by atoms with van der Waals surface area (Å²) in [5, 5.41) is 6.94. The third-order valence-corrected chi connectivity index (χ3v) is 8.29. The monoisotopic (exact) mass is 558 g/mol. The van der Waals surface area contributed by atoms with E-state index in [0.29, 0.717) is 32.0 Å². The minimum atomic E-state index is -0.980. The van der Waals surface area contributed by atoms with E-state index in [0.717, 1.165) is 11.1 Å². The van der Waals surface area contributed by atoms with E-state index in [1.54, 1.807) is 26.0 Å². The molecule has 0 aliphatic carbocycles. The van der Waals surface area contributed by atoms with Crippen LogP contribution in [0.4, 0.5) is 0 Å². The predicted molar refractivity (Wildman–Crippen MR) is 147 cm³/mol. The first-order valence-corrected chi connectivity index (χ1v) is 13.6. The van der Waals surface area contributed by atoms with Crippen LogP contribution in [0.2, 0.25) is 10.0 Å². The molecule has 6 nitrogen and oxygen atoms in total. The van der Waals surface area contributed by atoms with E-state index < -0.39 is 29.3 Å². The second-order valence-corrected chi connectivity index (χ2v) is 10.5. The Morgan fingerprint density at radius 3 is 2.41 bits per heavy atom. The van der Waals surface area contributed by atoms with Gasteiger partial charge < -0.3 is 14.8 Å². The Morgan fingerprint density at radius 1 is 1.05 bits per heavy atom. The fourth-order valence-corrected chi connectivity index (χ4v) is 6.15. The summed E-state index contributed by atoms with van der Waals surface area (Å²) in [5.74, 6) is -2.30. The number of rotatable bonds is 7. The molecule has 1 aliphatic rings. The number of benzene rings is 2. The number of thiazole rings is 1. The number of nitrogens with zero attached hydrogens (tertiary/aromatic N) is 1. The molecule has 37 heavy (non-hydrogen) atoms. The molecule has 0 fully saturated rings. The molecule has 0 amide bonds. The Bertz CT molecular complexity index is 1340. The molecule has 2 heterocycles. The van der Waals surface area contributed by atoms with Gasteiger partial charge >= 0.3 is 11.9 Å². The van der Waals surface area contributed by atoms with Gasteiger partial charge in [0.05, 0.1) is 40.4 Å². The fourth-order valence-electron chi connectivity index (χ4n) is 4.87. The van der Waals surface area contributed by atoms with Crippen molar-refractivity contribution in [1.29, 1.82) is 0 Å². The van der Waals surface area contributed by atoms with E-state index in [-0.39, 0.29) is 13.2 Å². The lowest BCUT2D eigenvalue weighted by Crippen LogP contribution is -2.55. The van der Waals surface area contributed by atoms with E-state index in [9.17, 15) is 9.59 Å². The van der Waals surface area contributed by atoms with Crippen molar-refractivity contribution >= 4 is 46.5 Å². The average molecular weight is 560 g/mol. The van der Waals surface area contributed by atoms with Crippen LogP contribution in [0, 0.1) is 5.92 Å². The Hall–Kier alpha value is -2.87. The Labute approximate surface area is 230 Å². The van der Waals surface area contributed by atoms with Crippen molar-refractivity contribution in [2.45, 2.75) is 39.2 Å². The van der Waals surface area contributed by atoms with Gasteiger partial charge in [-0.15, -0.1) is 11.3 Å². The highest BCUT2D eigenvalue weighted by molar-refractivity contribution is 7.10. The zero-order chi connectivity index (χ0) is 26.7. The normalized spacial score (nSPS) is 21.4. The summed E-state index contributed by atoms with van der Waals surface area (Å²) >= 11 is 13.8. The van der Waals surface area contributed by atoms with Gasteiger partial charge in [-0.25, -0.2) is 9.78 Å². The van der Waals surface area contributed by atoms with Crippen LogP contribution in [-0.2, 0) is 24.6 Å². The van der Waals surface area contributed by atoms with E-state index >= 15 is 0 Å². The van der Waals surface area contributed by atoms with Gasteiger partial charge in [-0.1, -0.05) is 59.6 Å². The number of hydrogen-bond donors (Lipinski definition) is 1. The van der Waals surface area contributed by atoms with Crippen LogP contribution in [0.15, 0.2) is 65.2 Å². The van der Waals surface area contributed by atoms with Crippen LogP contribution in [0.25, 0.3) is 11.3 Å². The highest BCUT2D eigenvalue weighted by atomic mass is 35.5. The highest BCUT2D eigenvalue weighted by Crippen LogP contribution is 2.49. The molecule has 3 unspecified atom stereocenters. The molecule has 0 bridgehead atoms. The molecule has 9 heteroatoms. The number of hydrogen-bond acceptors (Lipinski definition) is 7. The second-order valence-electron chi connectivity index (χ2n) is 8.87. The number of nitrogens with one attached hydrogen (secondary N) is 1. The third-order valence-electron chi connectivity index (χ3n) is 6.48. The summed E-state index contributed by atoms with van der Waals surface area (Å²) in [5.41, 5.74) is 2.39. The van der Waals surface area contributed by atoms with Gasteiger partial charge in [0.1, 0.15) is 10.5 Å². The van der Waals surface area contributed by atoms with Crippen molar-refractivity contribution in [2.75, 3.05) is 13.2 Å². The number of ether oxygens (including phenoxy) is 2. The number of esters is 2. The van der Waals surface area contributed by atoms with E-state index in [1.807, 2.05) is 55.6 Å². The number of aromatic nitrogens is 1. The lowest BCUT2D eigenvalue weighted by Gasteiger charge is -2.45. The lowest BCUT2D eigenvalue weighted by molar-refractivity contribution is -0.152. The third kappa shape index (κ3) is 5.26. The quantitative estimate of drug-likeness (QED) is 0.323. The number of allylic oxidation sites excluding steroid dienone is 1. The van der Waals surface area contributed by atoms with Gasteiger partial charge in [-0.05, 0) is 45.4 Å². The van der Waals surface area contributed by atoms with Crippen molar-refractivity contribution < 1.29 is 19.1 Å². The van der Waals surface area contributed by atoms with Crippen LogP contribution in [0.3, 0.4) is 0 Å². The molecular formula is C28H28Cl2N2O4S. The zero-order valence-electron chi connectivity index (χ0n) is 21.0. The molecule has 0 spiro atoms. The SMILES string of the molecule is CCOC(=O)C1=C(C)NC(C)(c2nc(-c3ccc(Cl)c(Cl)c3)cs2)C(C(=O)OCC)C1c1ccccc1. The van der Waals surface area contributed by atoms with Gasteiger partial charge in [-0.2, -0.15) is 0 Å². The molecule has 0 saturated carbocycles. The minimum absolute atomic E-state index is 0.205. The molecule has 4 rings (SSSR count). The van der Waals surface area contributed by atoms with Crippen LogP contribution in [0.5, 0.6) is 0 Å². The summed E-state index contributed by atoms with van der Waals surface area (Å²) in [4.78, 5) is 31.8. The maximum Gasteiger partial charge on any atom is 0.336 e. The first kappa shape index (κ1) is 27.2. The van der Waals surface area contributed by atoms with Crippen molar-refractivity contribution in [1.82, 2.24) is 10.3 Å². The van der Waals surface area contributed by atoms with Gasteiger partial charge in [0.25, 0.3) is 0 Å². The Kier molecular flexibility index (Phi) is 8.26. The second kappa shape index (κ2) is 11.3. The zero-order valence-corrected chi connectivity index (χ0v) is 23.3. The van der Waals surface area contributed by atoms with Crippen LogP contribution in [-0.4, -0.2) is 30.1 Å². The lowest BCUT2D eigenvalue weighted by atomic mass is 9.67. The Balaban J connectivity index is 1.90. The number of halogens is 2. The molecule has 1 aromatic heterocycles. The van der Waals surface area contributed by atoms with E-state index in [2.05, 4.69) is 5.32 Å². The molecule has 1 N–H and O–H groups in total. The van der Waals surface area contributed by atoms with Gasteiger partial charge in [0.2, 0.25) is 0 Å². The molecule has 0 radical (unpaired) electrons. The summed E-state index contributed by atoms with van der Waals surface area (Å²) in [6, 6.07) is 14.8. The smallest absolute Gasteiger partial charge is 0.336 e. The standard InChI is InChI=1S/C28H28Cl2N2O4S/c1-5-35-25(33)22-16(3)32-28(4,24(26(34)36-6-2)23(22)17-10-8-7-9-11-17)27-31-21(15-37-27)18-12-13-19(29)20(30)14-18/h7-15,23-24,32H,5-6H2,1-4H3. The first-order valence-electron chi connectivity index (χ1n) is 12.0. The minimum Gasteiger partial charge on any atom is -0.466 e. The summed E-state index contributed by atoms with van der Waals surface area (Å²) < 4.78 is 11.0. The van der Waals surface area contributed by atoms with Gasteiger partial charge in [0, 0.05) is 22.6 Å². The number of carbonyl (C=O) groups excluding carboxylic acids is 2. The highest BCUT2D eigenvalue weighted by Gasteiger charge is 2.54. The first-order chi connectivity index (χ1) is 17.7. The predicted octanol–water partition coefficient (Wildman–Crippen LogP) is 6.74. The fraction of sp³-hybridized carbons (Fsp3) is 0.321. The van der Waals surface area contributed by atoms with Crippen molar-refractivity contribution in [3.63, 3.8) is 0 Å². The van der Waals surface area contributed by atoms with Gasteiger partial charge in [-0.3, -0.25) is 4.79 Å². The van der Waals surface area contributed by atoms with E-state index in [4.69, 9.17) is 37.7 Å². The number of carbonyl (C=O) groups is 2. The van der Waals surface area contributed by atoms with Gasteiger partial charge in [0.15, 0.2) is 0 Å². The topological polar surface area (TPSA) is 77.5 Å². The van der Waals surface area contributed by atoms with Crippen molar-refractivity contribution in [3.8, 4) is 11.3 Å². The van der Waals surface area contributed by atoms with Crippen molar-refractivity contribution in [2.24, 2.45) is 5.92 Å². The van der Waals surface area contributed by atoms with E-state index in [1.165, 1.54) is 11.3 Å². The maximum absolute atomic E-state index is 13.7. The maximum atomic E-state index is 13.7.